The Morgan fingerprint density at radius 2 is 2.00 bits per heavy atom. The lowest BCUT2D eigenvalue weighted by Crippen LogP contribution is -1.89. The molecule has 0 bridgehead atoms. The van der Waals surface area contributed by atoms with Crippen LogP contribution in [0.15, 0.2) is 30.9 Å². The van der Waals surface area contributed by atoms with Crippen molar-refractivity contribution < 1.29 is 2.74 Å². The minimum atomic E-state index is 0.0196. The Morgan fingerprint density at radius 1 is 1.23 bits per heavy atom. The fraction of sp³-hybridized carbons (Fsp3) is 0.111. The van der Waals surface area contributed by atoms with Gasteiger partial charge in [-0.2, -0.15) is 0 Å². The van der Waals surface area contributed by atoms with Gasteiger partial charge in [0, 0.05) is 24.1 Å². The van der Waals surface area contributed by atoms with Crippen LogP contribution in [0.1, 0.15) is 8.57 Å². The van der Waals surface area contributed by atoms with Crippen LogP contribution in [0.5, 0.6) is 0 Å². The second-order valence-electron chi connectivity index (χ2n) is 2.46. The van der Waals surface area contributed by atoms with Crippen molar-refractivity contribution in [2.24, 2.45) is 0 Å². The van der Waals surface area contributed by atoms with Gasteiger partial charge >= 0.3 is 0 Å². The van der Waals surface area contributed by atoms with Crippen molar-refractivity contribution >= 4 is 0 Å². The molecule has 0 unspecified atom stereocenters. The molecule has 4 heteroatoms. The predicted molar refractivity (Wildman–Crippen MR) is 47.8 cm³/mol. The predicted octanol–water partition coefficient (Wildman–Crippen LogP) is 1.24. The maximum absolute atomic E-state index is 7.66. The smallest absolute Gasteiger partial charge is 0.125 e. The molecule has 2 rings (SSSR count). The third-order valence-electron chi connectivity index (χ3n) is 1.50. The minimum absolute atomic E-state index is 0.0196. The third-order valence-corrected chi connectivity index (χ3v) is 1.50. The van der Waals surface area contributed by atoms with Gasteiger partial charge in [-0.3, -0.25) is 0 Å². The molecule has 0 aliphatic carbocycles. The van der Waals surface area contributed by atoms with E-state index in [2.05, 4.69) is 19.9 Å². The lowest BCUT2D eigenvalue weighted by molar-refractivity contribution is 1.05. The summed E-state index contributed by atoms with van der Waals surface area (Å²) in [6.07, 6.45) is 2.96. The molecule has 0 amide bonds. The van der Waals surface area contributed by atoms with Crippen LogP contribution in [0.25, 0.3) is 11.3 Å². The molecule has 0 aliphatic heterocycles. The number of rotatable bonds is 1. The number of hydrogen-bond acceptors (Lipinski definition) is 4. The molecule has 0 aliphatic rings. The van der Waals surface area contributed by atoms with Crippen LogP contribution in [0.2, 0.25) is 0 Å². The molecule has 0 fully saturated rings. The van der Waals surface area contributed by atoms with Crippen molar-refractivity contribution in [1.82, 2.24) is 19.9 Å². The Balaban J connectivity index is 2.64. The van der Waals surface area contributed by atoms with Gasteiger partial charge in [-0.15, -0.1) is 0 Å². The zero-order valence-corrected chi connectivity index (χ0v) is 7.02. The van der Waals surface area contributed by atoms with Crippen molar-refractivity contribution in [3.8, 4) is 11.3 Å². The van der Waals surface area contributed by atoms with E-state index in [0.717, 1.165) is 0 Å². The molecule has 0 saturated carbocycles. The average molecular weight is 174 g/mol. The first-order valence-corrected chi connectivity index (χ1v) is 3.76. The molecule has 2 aromatic rings. The highest BCUT2D eigenvalue weighted by Crippen LogP contribution is 2.11. The molecule has 0 aromatic carbocycles. The van der Waals surface area contributed by atoms with E-state index >= 15 is 0 Å². The van der Waals surface area contributed by atoms with E-state index in [1.807, 2.05) is 0 Å². The molecule has 0 saturated heterocycles. The number of hydrogen-bond donors (Lipinski definition) is 0. The van der Waals surface area contributed by atoms with Gasteiger partial charge in [0.15, 0.2) is 0 Å². The van der Waals surface area contributed by atoms with Gasteiger partial charge < -0.3 is 0 Å². The molecule has 64 valence electrons. The molecule has 0 atom stereocenters. The summed E-state index contributed by atoms with van der Waals surface area (Å²) in [5, 5.41) is 0. The van der Waals surface area contributed by atoms with Gasteiger partial charge in [-0.25, -0.2) is 19.9 Å². The van der Waals surface area contributed by atoms with E-state index in [9.17, 15) is 0 Å². The Bertz CT molecular complexity index is 464. The molecule has 0 N–H and O–H groups in total. The van der Waals surface area contributed by atoms with Crippen LogP contribution in [0.4, 0.5) is 0 Å². The Labute approximate surface area is 78.5 Å². The van der Waals surface area contributed by atoms with E-state index in [1.54, 1.807) is 19.2 Å². The summed E-state index contributed by atoms with van der Waals surface area (Å²) < 4.78 is 15.3. The minimum Gasteiger partial charge on any atom is -0.245 e. The van der Waals surface area contributed by atoms with Crippen molar-refractivity contribution in [1.29, 1.82) is 0 Å². The highest BCUT2D eigenvalue weighted by atomic mass is 14.9. The average Bonchev–Trinajstić information content (AvgIpc) is 2.17. The summed E-state index contributed by atoms with van der Waals surface area (Å²) >= 11 is 0. The SMILES string of the molecule is [2H]c1nc(C)nc([2H])c1-c1ccncn1. The molecule has 0 spiro atoms. The summed E-state index contributed by atoms with van der Waals surface area (Å²) in [5.41, 5.74) is 0.836. The second kappa shape index (κ2) is 3.26. The summed E-state index contributed by atoms with van der Waals surface area (Å²) in [6.45, 7) is 1.65. The van der Waals surface area contributed by atoms with E-state index in [-0.39, 0.29) is 12.3 Å². The molecular formula is C9H8N4. The fourth-order valence-corrected chi connectivity index (χ4v) is 0.877. The maximum atomic E-state index is 7.66. The summed E-state index contributed by atoms with van der Waals surface area (Å²) in [6, 6.07) is 1.63. The van der Waals surface area contributed by atoms with Crippen molar-refractivity contribution in [3.05, 3.63) is 36.8 Å². The van der Waals surface area contributed by atoms with Crippen LogP contribution in [-0.2, 0) is 0 Å². The van der Waals surface area contributed by atoms with E-state index in [0.29, 0.717) is 17.1 Å². The zero-order valence-electron chi connectivity index (χ0n) is 9.02. The molecule has 13 heavy (non-hydrogen) atoms. The number of aromatic nitrogens is 4. The van der Waals surface area contributed by atoms with Crippen molar-refractivity contribution in [3.63, 3.8) is 0 Å². The van der Waals surface area contributed by atoms with Crippen LogP contribution < -0.4 is 0 Å². The van der Waals surface area contributed by atoms with Crippen molar-refractivity contribution in [2.45, 2.75) is 6.92 Å². The largest absolute Gasteiger partial charge is 0.245 e. The Morgan fingerprint density at radius 3 is 2.62 bits per heavy atom. The lowest BCUT2D eigenvalue weighted by atomic mass is 10.2. The van der Waals surface area contributed by atoms with Crippen molar-refractivity contribution in [2.75, 3.05) is 0 Å². The molecule has 4 nitrogen and oxygen atoms in total. The van der Waals surface area contributed by atoms with Gasteiger partial charge in [-0.05, 0) is 13.0 Å². The van der Waals surface area contributed by atoms with Crippen LogP contribution >= 0.6 is 0 Å². The fourth-order valence-electron chi connectivity index (χ4n) is 0.877. The summed E-state index contributed by atoms with van der Waals surface area (Å²) in [5.74, 6) is 0.419. The van der Waals surface area contributed by atoms with Gasteiger partial charge in [0.25, 0.3) is 0 Å². The first-order valence-electron chi connectivity index (χ1n) is 4.76. The number of nitrogens with zero attached hydrogens (tertiary/aromatic N) is 4. The van der Waals surface area contributed by atoms with Gasteiger partial charge in [0.1, 0.15) is 12.2 Å². The quantitative estimate of drug-likeness (QED) is 0.652. The summed E-state index contributed by atoms with van der Waals surface area (Å²) in [4.78, 5) is 15.5. The Hall–Kier alpha value is -1.84. The van der Waals surface area contributed by atoms with Crippen LogP contribution in [0, 0.1) is 6.92 Å². The highest BCUT2D eigenvalue weighted by molar-refractivity contribution is 5.55. The molecule has 2 aromatic heterocycles. The standard InChI is InChI=1S/C9H8N4/c1-7-11-4-8(5-12-7)9-2-3-10-6-13-9/h2-6H,1H3/i4D,5D. The highest BCUT2D eigenvalue weighted by Gasteiger charge is 1.97. The van der Waals surface area contributed by atoms with E-state index < -0.39 is 0 Å². The normalized spacial score (nSPS) is 12.1. The van der Waals surface area contributed by atoms with E-state index in [1.165, 1.54) is 6.33 Å². The topological polar surface area (TPSA) is 51.6 Å². The second-order valence-corrected chi connectivity index (χ2v) is 2.46. The first kappa shape index (κ1) is 5.75. The first-order chi connectivity index (χ1) is 7.18. The third kappa shape index (κ3) is 1.66. The Kier molecular flexibility index (Phi) is 1.44. The van der Waals surface area contributed by atoms with Gasteiger partial charge in [-0.1, -0.05) is 0 Å². The number of aryl methyl sites for hydroxylation is 1. The maximum Gasteiger partial charge on any atom is 0.125 e. The van der Waals surface area contributed by atoms with Crippen LogP contribution in [0.3, 0.4) is 0 Å². The summed E-state index contributed by atoms with van der Waals surface area (Å²) in [7, 11) is 0. The van der Waals surface area contributed by atoms with Gasteiger partial charge in [0.05, 0.1) is 8.44 Å². The lowest BCUT2D eigenvalue weighted by Gasteiger charge is -1.97. The van der Waals surface area contributed by atoms with Gasteiger partial charge in [0.2, 0.25) is 0 Å². The van der Waals surface area contributed by atoms with E-state index in [4.69, 9.17) is 2.74 Å². The molecular weight excluding hydrogens is 164 g/mol. The monoisotopic (exact) mass is 174 g/mol. The van der Waals surface area contributed by atoms with Crippen LogP contribution in [-0.4, -0.2) is 19.9 Å². The zero-order chi connectivity index (χ0) is 10.8. The molecule has 2 heterocycles. The molecule has 0 radical (unpaired) electrons.